The Morgan fingerprint density at radius 2 is 2.30 bits per heavy atom. The summed E-state index contributed by atoms with van der Waals surface area (Å²) in [5.74, 6) is 0.512. The van der Waals surface area contributed by atoms with Gasteiger partial charge in [0, 0.05) is 18.4 Å². The van der Waals surface area contributed by atoms with Crippen molar-refractivity contribution in [1.82, 2.24) is 5.32 Å². The maximum Gasteiger partial charge on any atom is 0.140 e. The number of carbonyl (C=O) groups is 1. The predicted molar refractivity (Wildman–Crippen MR) is 38.8 cm³/mol. The Morgan fingerprint density at radius 3 is 2.80 bits per heavy atom. The van der Waals surface area contributed by atoms with Gasteiger partial charge in [0.25, 0.3) is 0 Å². The first-order valence-electron chi connectivity index (χ1n) is 4.08. The van der Waals surface area contributed by atoms with Crippen LogP contribution in [0, 0.1) is 5.41 Å². The van der Waals surface area contributed by atoms with Crippen LogP contribution in [0.2, 0.25) is 0 Å². The molecule has 1 aliphatic carbocycles. The third kappa shape index (κ3) is 0.717. The first-order chi connectivity index (χ1) is 4.83. The van der Waals surface area contributed by atoms with Crippen molar-refractivity contribution in [1.29, 1.82) is 0 Å². The van der Waals surface area contributed by atoms with Crippen LogP contribution < -0.4 is 5.32 Å². The topological polar surface area (TPSA) is 29.1 Å². The number of ketones is 1. The van der Waals surface area contributed by atoms with Gasteiger partial charge in [-0.05, 0) is 25.8 Å². The molecule has 56 valence electrons. The molecule has 2 rings (SSSR count). The summed E-state index contributed by atoms with van der Waals surface area (Å²) in [5, 5.41) is 3.26. The zero-order chi connectivity index (χ0) is 7.03. The van der Waals surface area contributed by atoms with Crippen LogP contribution in [0.25, 0.3) is 0 Å². The minimum atomic E-state index is 0.0972. The standard InChI is InChI=1S/C8H13NO/c10-7-2-1-3-8(7)4-5-9-6-8/h9H,1-6H2/t8-/m0/s1. The summed E-state index contributed by atoms with van der Waals surface area (Å²) in [6.07, 6.45) is 4.19. The van der Waals surface area contributed by atoms with Gasteiger partial charge in [-0.3, -0.25) is 4.79 Å². The molecule has 1 heterocycles. The summed E-state index contributed by atoms with van der Waals surface area (Å²) in [4.78, 5) is 11.4. The number of nitrogens with one attached hydrogen (secondary N) is 1. The Labute approximate surface area is 61.0 Å². The molecule has 0 radical (unpaired) electrons. The molecule has 2 heteroatoms. The van der Waals surface area contributed by atoms with Gasteiger partial charge in [-0.2, -0.15) is 0 Å². The molecule has 2 fully saturated rings. The molecule has 1 aliphatic heterocycles. The molecule has 1 saturated carbocycles. The van der Waals surface area contributed by atoms with Crippen molar-refractivity contribution >= 4 is 5.78 Å². The van der Waals surface area contributed by atoms with Crippen LogP contribution in [0.5, 0.6) is 0 Å². The highest BCUT2D eigenvalue weighted by Crippen LogP contribution is 2.39. The van der Waals surface area contributed by atoms with Crippen molar-refractivity contribution in [3.05, 3.63) is 0 Å². The van der Waals surface area contributed by atoms with E-state index >= 15 is 0 Å². The molecule has 1 N–H and O–H groups in total. The van der Waals surface area contributed by atoms with Gasteiger partial charge in [0.15, 0.2) is 0 Å². The Morgan fingerprint density at radius 1 is 1.40 bits per heavy atom. The van der Waals surface area contributed by atoms with Crippen LogP contribution in [-0.4, -0.2) is 18.9 Å². The quantitative estimate of drug-likeness (QED) is 0.535. The van der Waals surface area contributed by atoms with E-state index in [0.29, 0.717) is 5.78 Å². The minimum Gasteiger partial charge on any atom is -0.316 e. The third-order valence-electron chi connectivity index (χ3n) is 2.89. The first-order valence-corrected chi connectivity index (χ1v) is 4.08. The number of rotatable bonds is 0. The van der Waals surface area contributed by atoms with Gasteiger partial charge >= 0.3 is 0 Å². The lowest BCUT2D eigenvalue weighted by Crippen LogP contribution is -2.27. The summed E-state index contributed by atoms with van der Waals surface area (Å²) >= 11 is 0. The summed E-state index contributed by atoms with van der Waals surface area (Å²) < 4.78 is 0. The summed E-state index contributed by atoms with van der Waals surface area (Å²) in [5.41, 5.74) is 0.0972. The second-order valence-corrected chi connectivity index (χ2v) is 3.48. The second kappa shape index (κ2) is 2.06. The van der Waals surface area contributed by atoms with Crippen molar-refractivity contribution in [2.75, 3.05) is 13.1 Å². The largest absolute Gasteiger partial charge is 0.316 e. The molecule has 0 aromatic carbocycles. The molecule has 1 atom stereocenters. The van der Waals surface area contributed by atoms with E-state index in [9.17, 15) is 4.79 Å². The molecule has 2 aliphatic rings. The average Bonchev–Trinajstić information content (AvgIpc) is 2.48. The fourth-order valence-electron chi connectivity index (χ4n) is 2.19. The van der Waals surface area contributed by atoms with Crippen molar-refractivity contribution in [3.8, 4) is 0 Å². The van der Waals surface area contributed by atoms with Gasteiger partial charge in [-0.15, -0.1) is 0 Å². The van der Waals surface area contributed by atoms with E-state index in [1.807, 2.05) is 0 Å². The van der Waals surface area contributed by atoms with Crippen molar-refractivity contribution in [2.24, 2.45) is 5.41 Å². The molecule has 10 heavy (non-hydrogen) atoms. The van der Waals surface area contributed by atoms with E-state index in [2.05, 4.69) is 5.32 Å². The van der Waals surface area contributed by atoms with E-state index in [4.69, 9.17) is 0 Å². The predicted octanol–water partition coefficient (Wildman–Crippen LogP) is 0.719. The van der Waals surface area contributed by atoms with E-state index in [0.717, 1.165) is 38.8 Å². The van der Waals surface area contributed by atoms with Crippen LogP contribution in [0.1, 0.15) is 25.7 Å². The van der Waals surface area contributed by atoms with Crippen molar-refractivity contribution < 1.29 is 4.79 Å². The van der Waals surface area contributed by atoms with Gasteiger partial charge in [-0.1, -0.05) is 0 Å². The van der Waals surface area contributed by atoms with Crippen molar-refractivity contribution in [2.45, 2.75) is 25.7 Å². The molecular formula is C8H13NO. The highest BCUT2D eigenvalue weighted by atomic mass is 16.1. The van der Waals surface area contributed by atoms with Crippen LogP contribution in [0.4, 0.5) is 0 Å². The first kappa shape index (κ1) is 6.35. The van der Waals surface area contributed by atoms with Crippen LogP contribution in [-0.2, 0) is 4.79 Å². The second-order valence-electron chi connectivity index (χ2n) is 3.48. The van der Waals surface area contributed by atoms with Gasteiger partial charge in [0.05, 0.1) is 0 Å². The molecule has 1 spiro atoms. The summed E-state index contributed by atoms with van der Waals surface area (Å²) in [7, 11) is 0. The lowest BCUT2D eigenvalue weighted by molar-refractivity contribution is -0.124. The fourth-order valence-corrected chi connectivity index (χ4v) is 2.19. The third-order valence-corrected chi connectivity index (χ3v) is 2.89. The van der Waals surface area contributed by atoms with Gasteiger partial charge < -0.3 is 5.32 Å². The Bertz CT molecular complexity index is 153. The molecule has 1 saturated heterocycles. The lowest BCUT2D eigenvalue weighted by Gasteiger charge is -2.17. The zero-order valence-electron chi connectivity index (χ0n) is 6.15. The van der Waals surface area contributed by atoms with E-state index in [-0.39, 0.29) is 5.41 Å². The average molecular weight is 139 g/mol. The van der Waals surface area contributed by atoms with E-state index in [1.165, 1.54) is 0 Å². The number of hydrogen-bond donors (Lipinski definition) is 1. The van der Waals surface area contributed by atoms with Gasteiger partial charge in [0.2, 0.25) is 0 Å². The maximum atomic E-state index is 11.4. The maximum absolute atomic E-state index is 11.4. The fraction of sp³-hybridized carbons (Fsp3) is 0.875. The normalized spacial score (nSPS) is 39.8. The van der Waals surface area contributed by atoms with Gasteiger partial charge in [0.1, 0.15) is 5.78 Å². The van der Waals surface area contributed by atoms with E-state index < -0.39 is 0 Å². The highest BCUT2D eigenvalue weighted by Gasteiger charge is 2.43. The zero-order valence-corrected chi connectivity index (χ0v) is 6.15. The smallest absolute Gasteiger partial charge is 0.140 e. The van der Waals surface area contributed by atoms with Crippen molar-refractivity contribution in [3.63, 3.8) is 0 Å². The highest BCUT2D eigenvalue weighted by molar-refractivity contribution is 5.87. The SMILES string of the molecule is O=C1CCC[C@@]12CCNC2. The molecule has 2 nitrogen and oxygen atoms in total. The van der Waals surface area contributed by atoms with Crippen LogP contribution in [0.15, 0.2) is 0 Å². The summed E-state index contributed by atoms with van der Waals surface area (Å²) in [6.45, 7) is 2.00. The van der Waals surface area contributed by atoms with Crippen LogP contribution >= 0.6 is 0 Å². The van der Waals surface area contributed by atoms with Crippen LogP contribution in [0.3, 0.4) is 0 Å². The Hall–Kier alpha value is -0.370. The molecule has 0 unspecified atom stereocenters. The summed E-state index contributed by atoms with van der Waals surface area (Å²) in [6, 6.07) is 0. The number of Topliss-reactive ketones (excluding diaryl/α,β-unsaturated/α-hetero) is 1. The molecule has 0 aromatic heterocycles. The monoisotopic (exact) mass is 139 g/mol. The van der Waals surface area contributed by atoms with Gasteiger partial charge in [-0.25, -0.2) is 0 Å². The lowest BCUT2D eigenvalue weighted by atomic mass is 9.85. The molecule has 0 bridgehead atoms. The van der Waals surface area contributed by atoms with E-state index in [1.54, 1.807) is 0 Å². The Balaban J connectivity index is 2.19. The molecular weight excluding hydrogens is 126 g/mol. The number of hydrogen-bond acceptors (Lipinski definition) is 2. The molecule has 0 aromatic rings. The molecule has 0 amide bonds. The number of carbonyl (C=O) groups excluding carboxylic acids is 1. The minimum absolute atomic E-state index is 0.0972. The Kier molecular flexibility index (Phi) is 1.31.